The maximum Gasteiger partial charge on any atom is 0.312 e. The van der Waals surface area contributed by atoms with Crippen molar-refractivity contribution in [3.8, 4) is 0 Å². The van der Waals surface area contributed by atoms with Gasteiger partial charge in [-0.3, -0.25) is 14.4 Å². The third kappa shape index (κ3) is 4.34. The molecule has 4 saturated carbocycles. The highest BCUT2D eigenvalue weighted by atomic mass is 16.5. The van der Waals surface area contributed by atoms with Crippen LogP contribution in [0.3, 0.4) is 0 Å². The Balaban J connectivity index is 1.54. The van der Waals surface area contributed by atoms with Gasteiger partial charge in [0.25, 0.3) is 0 Å². The fraction of sp³-hybridized carbons (Fsp3) is 0.857. The summed E-state index contributed by atoms with van der Waals surface area (Å²) >= 11 is 0. The van der Waals surface area contributed by atoms with Gasteiger partial charge < -0.3 is 14.2 Å². The normalized spacial score (nSPS) is 46.4. The minimum atomic E-state index is -0.496. The Morgan fingerprint density at radius 2 is 1.54 bits per heavy atom. The number of rotatable bonds is 4. The molecule has 6 heteroatoms. The van der Waals surface area contributed by atoms with E-state index in [1.54, 1.807) is 0 Å². The van der Waals surface area contributed by atoms with Crippen LogP contribution >= 0.6 is 0 Å². The Hall–Kier alpha value is -1.85. The highest BCUT2D eigenvalue weighted by Gasteiger charge is 2.69. The number of allylic oxidation sites excluding steroid dienone is 2. The topological polar surface area (TPSA) is 78.9 Å². The van der Waals surface area contributed by atoms with E-state index in [4.69, 9.17) is 14.2 Å². The standard InChI is InChI=1S/C35H54O6/c1-22(36)40-21-31(5)16-18-35(29(38)39-9)19-17-33(7)24(25(35)20-31)10-11-27-32(6)14-13-28(41-23(2)37)30(3,4)26(32)12-15-34(27,33)8/h10,25-28H,11-21H2,1-9H3/t25-,26-,27+,28-,31-,32-,33+,34+,35-/m0/s1. The molecule has 0 aromatic carbocycles. The van der Waals surface area contributed by atoms with Crippen molar-refractivity contribution in [3.63, 3.8) is 0 Å². The smallest absolute Gasteiger partial charge is 0.312 e. The SMILES string of the molecule is COC(=O)[C@]12CC[C@](C)(COC(C)=O)C[C@H]1C1=CC[C@@H]3[C@@]4(C)CC[C@H](OC(C)=O)C(C)(C)[C@@H]4CC[C@@]3(C)[C@]1(C)CC2. The highest BCUT2D eigenvalue weighted by molar-refractivity contribution is 5.78. The highest BCUT2D eigenvalue weighted by Crippen LogP contribution is 2.76. The molecular formula is C35H54O6. The van der Waals surface area contributed by atoms with Crippen molar-refractivity contribution in [2.75, 3.05) is 13.7 Å². The first kappa shape index (κ1) is 30.6. The number of fused-ring (bicyclic) bond motifs is 7. The molecule has 230 valence electrons. The van der Waals surface area contributed by atoms with Crippen LogP contribution in [-0.2, 0) is 28.6 Å². The third-order valence-electron chi connectivity index (χ3n) is 14.0. The first-order valence-electron chi connectivity index (χ1n) is 16.1. The van der Waals surface area contributed by atoms with Gasteiger partial charge in [0.2, 0.25) is 0 Å². The van der Waals surface area contributed by atoms with Crippen LogP contribution in [0.15, 0.2) is 11.6 Å². The van der Waals surface area contributed by atoms with E-state index in [0.717, 1.165) is 64.2 Å². The summed E-state index contributed by atoms with van der Waals surface area (Å²) in [7, 11) is 1.54. The predicted octanol–water partition coefficient (Wildman–Crippen LogP) is 7.44. The van der Waals surface area contributed by atoms with Crippen LogP contribution in [-0.4, -0.2) is 37.7 Å². The predicted molar refractivity (Wildman–Crippen MR) is 158 cm³/mol. The van der Waals surface area contributed by atoms with Crippen LogP contribution < -0.4 is 0 Å². The van der Waals surface area contributed by atoms with E-state index in [1.807, 2.05) is 0 Å². The molecule has 41 heavy (non-hydrogen) atoms. The van der Waals surface area contributed by atoms with Gasteiger partial charge in [0.15, 0.2) is 0 Å². The van der Waals surface area contributed by atoms with E-state index in [2.05, 4.69) is 47.6 Å². The summed E-state index contributed by atoms with van der Waals surface area (Å²) in [6, 6.07) is 0. The average Bonchev–Trinajstić information content (AvgIpc) is 2.89. The van der Waals surface area contributed by atoms with Crippen molar-refractivity contribution in [2.45, 2.75) is 126 Å². The third-order valence-corrected chi connectivity index (χ3v) is 14.0. The van der Waals surface area contributed by atoms with E-state index in [9.17, 15) is 14.4 Å². The lowest BCUT2D eigenvalue weighted by Crippen LogP contribution is -2.65. The van der Waals surface area contributed by atoms with Crippen LogP contribution in [0.2, 0.25) is 0 Å². The van der Waals surface area contributed by atoms with Gasteiger partial charge >= 0.3 is 17.9 Å². The largest absolute Gasteiger partial charge is 0.469 e. The Morgan fingerprint density at radius 1 is 0.854 bits per heavy atom. The molecule has 4 fully saturated rings. The Labute approximate surface area is 247 Å². The van der Waals surface area contributed by atoms with Crippen molar-refractivity contribution in [1.29, 1.82) is 0 Å². The van der Waals surface area contributed by atoms with Gasteiger partial charge in [0.05, 0.1) is 19.1 Å². The Bertz CT molecular complexity index is 1140. The Kier molecular flexibility index (Phi) is 7.34. The van der Waals surface area contributed by atoms with Gasteiger partial charge in [-0.1, -0.05) is 53.2 Å². The fourth-order valence-electron chi connectivity index (χ4n) is 11.5. The van der Waals surface area contributed by atoms with Gasteiger partial charge in [0, 0.05) is 24.7 Å². The number of carbonyl (C=O) groups excluding carboxylic acids is 3. The zero-order valence-electron chi connectivity index (χ0n) is 27.1. The van der Waals surface area contributed by atoms with E-state index >= 15 is 0 Å². The number of esters is 3. The molecule has 0 spiro atoms. The molecule has 5 aliphatic carbocycles. The summed E-state index contributed by atoms with van der Waals surface area (Å²) in [5.41, 5.74) is 1.00. The molecule has 0 heterocycles. The summed E-state index contributed by atoms with van der Waals surface area (Å²) < 4.78 is 17.0. The first-order valence-corrected chi connectivity index (χ1v) is 16.1. The van der Waals surface area contributed by atoms with Crippen molar-refractivity contribution in [1.82, 2.24) is 0 Å². The number of carbonyl (C=O) groups is 3. The van der Waals surface area contributed by atoms with Crippen molar-refractivity contribution < 1.29 is 28.6 Å². The lowest BCUT2D eigenvalue weighted by atomic mass is 9.33. The first-order chi connectivity index (χ1) is 19.0. The molecule has 5 aliphatic rings. The van der Waals surface area contributed by atoms with Gasteiger partial charge in [-0.15, -0.1) is 0 Å². The molecular weight excluding hydrogens is 516 g/mol. The second kappa shape index (κ2) is 9.84. The van der Waals surface area contributed by atoms with Gasteiger partial charge in [0.1, 0.15) is 6.10 Å². The molecule has 0 aromatic rings. The lowest BCUT2D eigenvalue weighted by molar-refractivity contribution is -0.214. The fourth-order valence-corrected chi connectivity index (χ4v) is 11.5. The molecule has 0 radical (unpaired) electrons. The molecule has 0 saturated heterocycles. The van der Waals surface area contributed by atoms with Crippen LogP contribution in [0.25, 0.3) is 0 Å². The molecule has 0 aliphatic heterocycles. The molecule has 0 bridgehead atoms. The van der Waals surface area contributed by atoms with Gasteiger partial charge in [-0.05, 0) is 98.2 Å². The molecule has 6 nitrogen and oxygen atoms in total. The van der Waals surface area contributed by atoms with E-state index in [1.165, 1.54) is 26.5 Å². The maximum atomic E-state index is 13.6. The van der Waals surface area contributed by atoms with E-state index in [-0.39, 0.29) is 57.0 Å². The van der Waals surface area contributed by atoms with Gasteiger partial charge in [-0.2, -0.15) is 0 Å². The second-order valence-electron chi connectivity index (χ2n) is 16.2. The molecule has 0 aromatic heterocycles. The molecule has 0 N–H and O–H groups in total. The minimum absolute atomic E-state index is 0.0113. The maximum absolute atomic E-state index is 13.6. The van der Waals surface area contributed by atoms with E-state index < -0.39 is 5.41 Å². The number of methoxy groups -OCH3 is 1. The summed E-state index contributed by atoms with van der Waals surface area (Å²) in [6.45, 7) is 17.9. The minimum Gasteiger partial charge on any atom is -0.469 e. The van der Waals surface area contributed by atoms with Crippen LogP contribution in [0.4, 0.5) is 0 Å². The zero-order valence-corrected chi connectivity index (χ0v) is 27.1. The lowest BCUT2D eigenvalue weighted by Gasteiger charge is -2.71. The van der Waals surface area contributed by atoms with Crippen molar-refractivity contribution in [2.24, 2.45) is 50.2 Å². The summed E-state index contributed by atoms with van der Waals surface area (Å²) in [5, 5.41) is 0. The number of hydrogen-bond acceptors (Lipinski definition) is 6. The van der Waals surface area contributed by atoms with Crippen LogP contribution in [0, 0.1) is 50.2 Å². The summed E-state index contributed by atoms with van der Waals surface area (Å²) in [5.74, 6) is 0.643. The number of hydrogen-bond donors (Lipinski definition) is 0. The molecule has 0 unspecified atom stereocenters. The zero-order chi connectivity index (χ0) is 30.2. The summed E-state index contributed by atoms with van der Waals surface area (Å²) in [6.07, 6.45) is 12.1. The summed E-state index contributed by atoms with van der Waals surface area (Å²) in [4.78, 5) is 37.3. The Morgan fingerprint density at radius 3 is 2.17 bits per heavy atom. The second-order valence-corrected chi connectivity index (χ2v) is 16.2. The average molecular weight is 571 g/mol. The quantitative estimate of drug-likeness (QED) is 0.199. The number of ether oxygens (including phenoxy) is 3. The molecule has 5 rings (SSSR count). The van der Waals surface area contributed by atoms with Gasteiger partial charge in [-0.25, -0.2) is 0 Å². The van der Waals surface area contributed by atoms with Crippen molar-refractivity contribution in [3.05, 3.63) is 11.6 Å². The van der Waals surface area contributed by atoms with Crippen molar-refractivity contribution >= 4 is 17.9 Å². The monoisotopic (exact) mass is 570 g/mol. The van der Waals surface area contributed by atoms with Crippen LogP contribution in [0.5, 0.6) is 0 Å². The molecule has 0 amide bonds. The van der Waals surface area contributed by atoms with E-state index in [0.29, 0.717) is 18.4 Å². The van der Waals surface area contributed by atoms with Crippen LogP contribution in [0.1, 0.15) is 120 Å². The molecule has 9 atom stereocenters.